The Kier molecular flexibility index (Phi) is 2.96. The van der Waals surface area contributed by atoms with Crippen LogP contribution in [0, 0.1) is 0 Å². The van der Waals surface area contributed by atoms with Gasteiger partial charge in [0.2, 0.25) is 0 Å². The number of nitrogens with zero attached hydrogens (tertiary/aromatic N) is 4. The van der Waals surface area contributed by atoms with Crippen LogP contribution in [0.25, 0.3) is 0 Å². The van der Waals surface area contributed by atoms with Crippen LogP contribution in [0.15, 0.2) is 17.4 Å². The van der Waals surface area contributed by atoms with E-state index in [4.69, 9.17) is 0 Å². The second-order valence-electron chi connectivity index (χ2n) is 4.93. The monoisotopic (exact) mass is 250 g/mol. The van der Waals surface area contributed by atoms with Crippen molar-refractivity contribution in [3.8, 4) is 0 Å². The van der Waals surface area contributed by atoms with E-state index in [2.05, 4.69) is 33.6 Å². The molecule has 2 aliphatic heterocycles. The van der Waals surface area contributed by atoms with Crippen LogP contribution in [0.3, 0.4) is 0 Å². The first-order valence-corrected chi connectivity index (χ1v) is 7.19. The number of hydrogen-bond donors (Lipinski definition) is 0. The molecule has 5 heteroatoms. The summed E-state index contributed by atoms with van der Waals surface area (Å²) in [6.45, 7) is 7.92. The van der Waals surface area contributed by atoms with Crippen LogP contribution >= 0.6 is 11.8 Å². The molecule has 0 unspecified atom stereocenters. The van der Waals surface area contributed by atoms with Crippen molar-refractivity contribution < 1.29 is 0 Å². The standard InChI is InChI=1S/C12H18N4S/c1-9(2)15-5-6-16-10(7-15)8-17-12-11(16)13-3-4-14-12/h3-4,9-10H,5-8H2,1-2H3/t10-/m1/s1. The molecule has 1 saturated heterocycles. The smallest absolute Gasteiger partial charge is 0.161 e. The first kappa shape index (κ1) is 11.3. The largest absolute Gasteiger partial charge is 0.348 e. The summed E-state index contributed by atoms with van der Waals surface area (Å²) < 4.78 is 0. The minimum atomic E-state index is 0.598. The predicted octanol–water partition coefficient (Wildman–Crippen LogP) is 1.48. The molecule has 92 valence electrons. The predicted molar refractivity (Wildman–Crippen MR) is 70.6 cm³/mol. The van der Waals surface area contributed by atoms with E-state index in [1.165, 1.54) is 0 Å². The van der Waals surface area contributed by atoms with Crippen molar-refractivity contribution in [1.82, 2.24) is 14.9 Å². The molecule has 3 heterocycles. The highest BCUT2D eigenvalue weighted by Gasteiger charge is 2.33. The van der Waals surface area contributed by atoms with Gasteiger partial charge in [-0.05, 0) is 13.8 Å². The summed E-state index contributed by atoms with van der Waals surface area (Å²) in [5.41, 5.74) is 0. The molecule has 1 aromatic heterocycles. The van der Waals surface area contributed by atoms with E-state index in [1.807, 2.05) is 11.8 Å². The van der Waals surface area contributed by atoms with E-state index < -0.39 is 0 Å². The van der Waals surface area contributed by atoms with Crippen LogP contribution in [0.2, 0.25) is 0 Å². The van der Waals surface area contributed by atoms with E-state index in [0.29, 0.717) is 12.1 Å². The van der Waals surface area contributed by atoms with Crippen molar-refractivity contribution in [3.63, 3.8) is 0 Å². The molecule has 1 aromatic rings. The molecule has 2 aliphatic rings. The van der Waals surface area contributed by atoms with Gasteiger partial charge in [-0.1, -0.05) is 0 Å². The minimum Gasteiger partial charge on any atom is -0.348 e. The Morgan fingerprint density at radius 3 is 2.94 bits per heavy atom. The number of aromatic nitrogens is 2. The normalized spacial score (nSPS) is 24.6. The lowest BCUT2D eigenvalue weighted by atomic mass is 10.1. The van der Waals surface area contributed by atoms with Crippen LogP contribution in [-0.2, 0) is 0 Å². The average molecular weight is 250 g/mol. The molecule has 17 heavy (non-hydrogen) atoms. The molecule has 3 rings (SSSR count). The Morgan fingerprint density at radius 2 is 2.12 bits per heavy atom. The fourth-order valence-electron chi connectivity index (χ4n) is 2.56. The maximum absolute atomic E-state index is 4.50. The molecule has 0 aromatic carbocycles. The summed E-state index contributed by atoms with van der Waals surface area (Å²) >= 11 is 1.85. The molecule has 0 N–H and O–H groups in total. The molecule has 1 fully saturated rings. The van der Waals surface area contributed by atoms with Gasteiger partial charge >= 0.3 is 0 Å². The topological polar surface area (TPSA) is 32.3 Å². The Bertz CT molecular complexity index is 409. The van der Waals surface area contributed by atoms with Crippen LogP contribution in [-0.4, -0.2) is 52.3 Å². The number of anilines is 1. The van der Waals surface area contributed by atoms with Gasteiger partial charge in [0.05, 0.1) is 6.04 Å². The van der Waals surface area contributed by atoms with Crippen LogP contribution in [0.1, 0.15) is 13.8 Å². The molecular weight excluding hydrogens is 232 g/mol. The number of thioether (sulfide) groups is 1. The first-order chi connectivity index (χ1) is 8.25. The van der Waals surface area contributed by atoms with E-state index in [-0.39, 0.29) is 0 Å². The second-order valence-corrected chi connectivity index (χ2v) is 5.94. The van der Waals surface area contributed by atoms with Gasteiger partial charge < -0.3 is 4.90 Å². The van der Waals surface area contributed by atoms with Crippen LogP contribution < -0.4 is 4.90 Å². The molecule has 4 nitrogen and oxygen atoms in total. The van der Waals surface area contributed by atoms with Gasteiger partial charge in [-0.2, -0.15) is 0 Å². The number of fused-ring (bicyclic) bond motifs is 3. The van der Waals surface area contributed by atoms with Crippen molar-refractivity contribution in [2.45, 2.75) is 31.0 Å². The SMILES string of the molecule is CC(C)N1CCN2c3nccnc3SC[C@H]2C1. The van der Waals surface area contributed by atoms with Crippen molar-refractivity contribution >= 4 is 17.6 Å². The first-order valence-electron chi connectivity index (χ1n) is 6.20. The van der Waals surface area contributed by atoms with Crippen molar-refractivity contribution in [2.24, 2.45) is 0 Å². The van der Waals surface area contributed by atoms with Gasteiger partial charge in [0.25, 0.3) is 0 Å². The zero-order valence-electron chi connectivity index (χ0n) is 10.3. The molecule has 0 saturated carbocycles. The highest BCUT2D eigenvalue weighted by atomic mass is 32.2. The highest BCUT2D eigenvalue weighted by molar-refractivity contribution is 7.99. The van der Waals surface area contributed by atoms with E-state index in [1.54, 1.807) is 12.4 Å². The highest BCUT2D eigenvalue weighted by Crippen LogP contribution is 2.35. The maximum Gasteiger partial charge on any atom is 0.161 e. The van der Waals surface area contributed by atoms with Crippen molar-refractivity contribution in [2.75, 3.05) is 30.3 Å². The molecule has 0 spiro atoms. The number of hydrogen-bond acceptors (Lipinski definition) is 5. The summed E-state index contributed by atoms with van der Waals surface area (Å²) in [6, 6.07) is 1.24. The van der Waals surface area contributed by atoms with E-state index >= 15 is 0 Å². The lowest BCUT2D eigenvalue weighted by Gasteiger charge is -2.45. The van der Waals surface area contributed by atoms with E-state index in [0.717, 1.165) is 36.2 Å². The number of rotatable bonds is 1. The van der Waals surface area contributed by atoms with Gasteiger partial charge in [0.15, 0.2) is 5.82 Å². The summed E-state index contributed by atoms with van der Waals surface area (Å²) in [5, 5.41) is 1.10. The number of piperazine rings is 1. The quantitative estimate of drug-likeness (QED) is 0.754. The Hall–Kier alpha value is -0.810. The minimum absolute atomic E-state index is 0.598. The molecule has 1 atom stereocenters. The third-order valence-electron chi connectivity index (χ3n) is 3.58. The Balaban J connectivity index is 1.83. The zero-order valence-corrected chi connectivity index (χ0v) is 11.2. The summed E-state index contributed by atoms with van der Waals surface area (Å²) in [4.78, 5) is 13.9. The summed E-state index contributed by atoms with van der Waals surface area (Å²) in [6.07, 6.45) is 3.59. The van der Waals surface area contributed by atoms with Crippen LogP contribution in [0.4, 0.5) is 5.82 Å². The van der Waals surface area contributed by atoms with Gasteiger partial charge in [-0.3, -0.25) is 4.90 Å². The second kappa shape index (κ2) is 4.46. The Morgan fingerprint density at radius 1 is 1.29 bits per heavy atom. The van der Waals surface area contributed by atoms with Gasteiger partial charge in [0, 0.05) is 43.8 Å². The fraction of sp³-hybridized carbons (Fsp3) is 0.667. The molecule has 0 aliphatic carbocycles. The fourth-order valence-corrected chi connectivity index (χ4v) is 3.63. The third kappa shape index (κ3) is 2.02. The van der Waals surface area contributed by atoms with Crippen LogP contribution in [0.5, 0.6) is 0 Å². The summed E-state index contributed by atoms with van der Waals surface area (Å²) in [5.74, 6) is 2.23. The maximum atomic E-state index is 4.50. The van der Waals surface area contributed by atoms with Gasteiger partial charge in [-0.25, -0.2) is 9.97 Å². The molecule has 0 bridgehead atoms. The zero-order chi connectivity index (χ0) is 11.8. The van der Waals surface area contributed by atoms with Gasteiger partial charge in [-0.15, -0.1) is 11.8 Å². The summed E-state index contributed by atoms with van der Waals surface area (Å²) in [7, 11) is 0. The van der Waals surface area contributed by atoms with Gasteiger partial charge in [0.1, 0.15) is 5.03 Å². The molecule has 0 amide bonds. The lowest BCUT2D eigenvalue weighted by molar-refractivity contribution is 0.185. The molecule has 0 radical (unpaired) electrons. The average Bonchev–Trinajstić information content (AvgIpc) is 2.38. The van der Waals surface area contributed by atoms with Crippen molar-refractivity contribution in [3.05, 3.63) is 12.4 Å². The Labute approximate surface area is 106 Å². The van der Waals surface area contributed by atoms with Crippen molar-refractivity contribution in [1.29, 1.82) is 0 Å². The van der Waals surface area contributed by atoms with E-state index in [9.17, 15) is 0 Å². The lowest BCUT2D eigenvalue weighted by Crippen LogP contribution is -2.57. The molecular formula is C12H18N4S. The third-order valence-corrected chi connectivity index (χ3v) is 4.69.